The van der Waals surface area contributed by atoms with Crippen LogP contribution in [0.15, 0.2) is 54.6 Å². The standard InChI is InChI=1S/C14H13NO/c1-11-7-5-6-10-13(11)14(16)15-12-8-3-2-4-9-12/h2-10,15-16H,1H2/b14-13-. The van der Waals surface area contributed by atoms with Gasteiger partial charge in [-0.1, -0.05) is 43.0 Å². The summed E-state index contributed by atoms with van der Waals surface area (Å²) < 4.78 is 0. The first-order chi connectivity index (χ1) is 7.77. The Labute approximate surface area is 94.2 Å². The molecule has 0 aliphatic carbocycles. The Morgan fingerprint density at radius 2 is 1.56 bits per heavy atom. The van der Waals surface area contributed by atoms with Gasteiger partial charge in [0.1, 0.15) is 0 Å². The lowest BCUT2D eigenvalue weighted by atomic mass is 10.2. The van der Waals surface area contributed by atoms with Gasteiger partial charge in [-0.2, -0.15) is 0 Å². The first-order valence-corrected chi connectivity index (χ1v) is 5.07. The number of nitrogens with one attached hydrogen (secondary N) is 1. The number of aliphatic hydroxyl groups is 1. The molecule has 2 nitrogen and oxygen atoms in total. The van der Waals surface area contributed by atoms with Gasteiger partial charge in [-0.25, -0.2) is 0 Å². The third-order valence-electron chi connectivity index (χ3n) is 2.31. The molecule has 0 heterocycles. The van der Waals surface area contributed by atoms with Crippen molar-refractivity contribution in [2.75, 3.05) is 5.32 Å². The Kier molecular flexibility index (Phi) is 2.92. The normalized spacial score (nSPS) is 12.0. The first-order valence-electron chi connectivity index (χ1n) is 5.07. The molecule has 0 aromatic heterocycles. The van der Waals surface area contributed by atoms with Gasteiger partial charge in [0, 0.05) is 10.9 Å². The summed E-state index contributed by atoms with van der Waals surface area (Å²) in [5.74, 6) is 0.122. The van der Waals surface area contributed by atoms with Crippen LogP contribution in [-0.4, -0.2) is 5.11 Å². The van der Waals surface area contributed by atoms with Crippen molar-refractivity contribution in [3.63, 3.8) is 0 Å². The lowest BCUT2D eigenvalue weighted by Crippen LogP contribution is -2.27. The molecule has 16 heavy (non-hydrogen) atoms. The lowest BCUT2D eigenvalue weighted by Gasteiger charge is -2.04. The number of anilines is 1. The van der Waals surface area contributed by atoms with Crippen molar-refractivity contribution in [1.82, 2.24) is 0 Å². The average molecular weight is 211 g/mol. The molecule has 0 aliphatic heterocycles. The van der Waals surface area contributed by atoms with E-state index in [4.69, 9.17) is 0 Å². The molecule has 2 rings (SSSR count). The zero-order valence-corrected chi connectivity index (χ0v) is 8.85. The van der Waals surface area contributed by atoms with Crippen molar-refractivity contribution in [2.45, 2.75) is 0 Å². The van der Waals surface area contributed by atoms with E-state index in [1.807, 2.05) is 54.6 Å². The van der Waals surface area contributed by atoms with Crippen molar-refractivity contribution in [3.8, 4) is 0 Å². The highest BCUT2D eigenvalue weighted by atomic mass is 16.3. The maximum Gasteiger partial charge on any atom is 0.196 e. The Balaban J connectivity index is 2.40. The van der Waals surface area contributed by atoms with Crippen molar-refractivity contribution in [1.29, 1.82) is 0 Å². The van der Waals surface area contributed by atoms with E-state index in [9.17, 15) is 5.11 Å². The van der Waals surface area contributed by atoms with Crippen molar-refractivity contribution in [3.05, 3.63) is 65.0 Å². The minimum Gasteiger partial charge on any atom is -0.494 e. The largest absolute Gasteiger partial charge is 0.494 e. The molecule has 0 amide bonds. The van der Waals surface area contributed by atoms with Crippen molar-refractivity contribution < 1.29 is 5.11 Å². The molecule has 2 heteroatoms. The second-order valence-electron chi connectivity index (χ2n) is 3.50. The highest BCUT2D eigenvalue weighted by Crippen LogP contribution is 2.06. The Morgan fingerprint density at radius 1 is 0.938 bits per heavy atom. The minimum atomic E-state index is 0.122. The molecule has 80 valence electrons. The maximum absolute atomic E-state index is 9.92. The predicted molar refractivity (Wildman–Crippen MR) is 67.3 cm³/mol. The molecular weight excluding hydrogens is 198 g/mol. The number of para-hydroxylation sites is 1. The zero-order chi connectivity index (χ0) is 11.4. The van der Waals surface area contributed by atoms with Crippen molar-refractivity contribution in [2.24, 2.45) is 0 Å². The quantitative estimate of drug-likeness (QED) is 0.794. The summed E-state index contributed by atoms with van der Waals surface area (Å²) in [7, 11) is 0. The second kappa shape index (κ2) is 4.53. The van der Waals surface area contributed by atoms with E-state index in [-0.39, 0.29) is 5.88 Å². The van der Waals surface area contributed by atoms with E-state index in [0.29, 0.717) is 5.22 Å². The molecule has 0 spiro atoms. The zero-order valence-electron chi connectivity index (χ0n) is 8.85. The fraction of sp³-hybridized carbons (Fsp3) is 0. The van der Waals surface area contributed by atoms with Gasteiger partial charge in [0.15, 0.2) is 5.88 Å². The molecule has 2 aromatic rings. The summed E-state index contributed by atoms with van der Waals surface area (Å²) in [6.45, 7) is 3.86. The van der Waals surface area contributed by atoms with Crippen LogP contribution in [0.1, 0.15) is 0 Å². The van der Waals surface area contributed by atoms with Gasteiger partial charge in [0.05, 0.1) is 0 Å². The monoisotopic (exact) mass is 211 g/mol. The molecule has 0 unspecified atom stereocenters. The van der Waals surface area contributed by atoms with Gasteiger partial charge in [0.2, 0.25) is 0 Å². The van der Waals surface area contributed by atoms with E-state index in [1.54, 1.807) is 0 Å². The van der Waals surface area contributed by atoms with Crippen LogP contribution in [0.25, 0.3) is 12.5 Å². The lowest BCUT2D eigenvalue weighted by molar-refractivity contribution is 0.502. The van der Waals surface area contributed by atoms with Gasteiger partial charge in [0.25, 0.3) is 0 Å². The minimum absolute atomic E-state index is 0.122. The molecule has 0 bridgehead atoms. The maximum atomic E-state index is 9.92. The number of benzene rings is 2. The molecule has 2 N–H and O–H groups in total. The van der Waals surface area contributed by atoms with Crippen LogP contribution in [0.2, 0.25) is 0 Å². The molecular formula is C14H13NO. The summed E-state index contributed by atoms with van der Waals surface area (Å²) in [4.78, 5) is 0. The topological polar surface area (TPSA) is 32.3 Å². The predicted octanol–water partition coefficient (Wildman–Crippen LogP) is 1.83. The highest BCUT2D eigenvalue weighted by molar-refractivity contribution is 5.59. The second-order valence-corrected chi connectivity index (χ2v) is 3.50. The van der Waals surface area contributed by atoms with E-state index >= 15 is 0 Å². The number of hydrogen-bond acceptors (Lipinski definition) is 2. The van der Waals surface area contributed by atoms with Crippen LogP contribution < -0.4 is 15.8 Å². The fourth-order valence-corrected chi connectivity index (χ4v) is 1.48. The SMILES string of the molecule is C=c1cccc/c1=C(/O)Nc1ccccc1. The fourth-order valence-electron chi connectivity index (χ4n) is 1.48. The third-order valence-corrected chi connectivity index (χ3v) is 2.31. The van der Waals surface area contributed by atoms with Crippen LogP contribution in [0.4, 0.5) is 5.69 Å². The molecule has 0 atom stereocenters. The molecule has 2 aromatic carbocycles. The number of hydrogen-bond donors (Lipinski definition) is 2. The summed E-state index contributed by atoms with van der Waals surface area (Å²) >= 11 is 0. The molecule has 0 fully saturated rings. The molecule has 0 aliphatic rings. The van der Waals surface area contributed by atoms with E-state index in [1.165, 1.54) is 0 Å². The number of aliphatic hydroxyl groups excluding tert-OH is 1. The Morgan fingerprint density at radius 3 is 2.25 bits per heavy atom. The molecule has 0 radical (unpaired) electrons. The highest BCUT2D eigenvalue weighted by Gasteiger charge is 1.95. The summed E-state index contributed by atoms with van der Waals surface area (Å²) in [6, 6.07) is 17.0. The van der Waals surface area contributed by atoms with Gasteiger partial charge in [-0.05, 0) is 23.4 Å². The van der Waals surface area contributed by atoms with Crippen LogP contribution in [0.5, 0.6) is 0 Å². The van der Waals surface area contributed by atoms with Crippen LogP contribution >= 0.6 is 0 Å². The van der Waals surface area contributed by atoms with Crippen LogP contribution in [0.3, 0.4) is 0 Å². The molecule has 0 saturated heterocycles. The summed E-state index contributed by atoms with van der Waals surface area (Å²) in [5, 5.41) is 14.4. The van der Waals surface area contributed by atoms with Crippen LogP contribution in [-0.2, 0) is 0 Å². The first kappa shape index (κ1) is 10.3. The van der Waals surface area contributed by atoms with Crippen LogP contribution in [0, 0.1) is 0 Å². The summed E-state index contributed by atoms with van der Waals surface area (Å²) in [6.07, 6.45) is 0. The summed E-state index contributed by atoms with van der Waals surface area (Å²) in [5.41, 5.74) is 0.850. The smallest absolute Gasteiger partial charge is 0.196 e. The average Bonchev–Trinajstić information content (AvgIpc) is 2.31. The molecule has 0 saturated carbocycles. The van der Waals surface area contributed by atoms with E-state index in [0.717, 1.165) is 10.9 Å². The number of rotatable bonds is 2. The Hall–Kier alpha value is -2.22. The van der Waals surface area contributed by atoms with Gasteiger partial charge in [-0.3, -0.25) is 0 Å². The van der Waals surface area contributed by atoms with Crippen molar-refractivity contribution >= 4 is 18.1 Å². The van der Waals surface area contributed by atoms with Gasteiger partial charge < -0.3 is 10.4 Å². The van der Waals surface area contributed by atoms with E-state index < -0.39 is 0 Å². The van der Waals surface area contributed by atoms with Gasteiger partial charge >= 0.3 is 0 Å². The Bertz CT molecular complexity index is 575. The third kappa shape index (κ3) is 2.23. The van der Waals surface area contributed by atoms with Gasteiger partial charge in [-0.15, -0.1) is 0 Å². The van der Waals surface area contributed by atoms with E-state index in [2.05, 4.69) is 11.9 Å².